The van der Waals surface area contributed by atoms with Crippen molar-refractivity contribution in [3.05, 3.63) is 175 Å². The summed E-state index contributed by atoms with van der Waals surface area (Å²) in [7, 11) is 0. The molecule has 0 radical (unpaired) electrons. The van der Waals surface area contributed by atoms with Gasteiger partial charge in [-0.05, 0) is 59.0 Å². The molecule has 2 heterocycles. The average molecular weight is 605 g/mol. The standard InChI is InChI=1S/C45H36N2/c1-2-35-36(33-18-7-4-8-19-33)23-14-26-41(35)47-42-25-12-10-22-39(42)44-43(47)28-27-38-37-21-9-11-24-40(37)46(45(38)44)30-31-15-13-20-34(29-31)32-16-5-3-6-17-32/h3-29,35-36H,2,30H2,1H3. The fourth-order valence-corrected chi connectivity index (χ4v) is 8.14. The van der Waals surface area contributed by atoms with Crippen molar-refractivity contribution < 1.29 is 0 Å². The van der Waals surface area contributed by atoms with Crippen LogP contribution >= 0.6 is 0 Å². The third-order valence-corrected chi connectivity index (χ3v) is 10.2. The predicted molar refractivity (Wildman–Crippen MR) is 200 cm³/mol. The molecule has 0 spiro atoms. The van der Waals surface area contributed by atoms with Crippen LogP contribution in [-0.2, 0) is 6.54 Å². The first-order chi connectivity index (χ1) is 23.3. The molecule has 0 bridgehead atoms. The quantitative estimate of drug-likeness (QED) is 0.179. The summed E-state index contributed by atoms with van der Waals surface area (Å²) in [5.41, 5.74) is 11.7. The van der Waals surface area contributed by atoms with Crippen molar-refractivity contribution in [1.82, 2.24) is 9.13 Å². The zero-order valence-electron chi connectivity index (χ0n) is 26.6. The molecule has 0 aliphatic heterocycles. The highest BCUT2D eigenvalue weighted by Crippen LogP contribution is 2.45. The molecule has 47 heavy (non-hydrogen) atoms. The first-order valence-corrected chi connectivity index (χ1v) is 16.8. The van der Waals surface area contributed by atoms with Gasteiger partial charge in [0.25, 0.3) is 0 Å². The molecule has 0 N–H and O–H groups in total. The molecule has 0 amide bonds. The van der Waals surface area contributed by atoms with Gasteiger partial charge >= 0.3 is 0 Å². The Morgan fingerprint density at radius 3 is 2.09 bits per heavy atom. The van der Waals surface area contributed by atoms with Gasteiger partial charge < -0.3 is 9.13 Å². The maximum absolute atomic E-state index is 2.57. The van der Waals surface area contributed by atoms with E-state index in [2.05, 4.69) is 180 Å². The van der Waals surface area contributed by atoms with Gasteiger partial charge in [0.15, 0.2) is 0 Å². The van der Waals surface area contributed by atoms with Crippen molar-refractivity contribution in [2.24, 2.45) is 5.92 Å². The molecule has 226 valence electrons. The summed E-state index contributed by atoms with van der Waals surface area (Å²) in [6, 6.07) is 53.4. The fraction of sp³-hybridized carbons (Fsp3) is 0.111. The molecule has 2 aromatic heterocycles. The van der Waals surface area contributed by atoms with Crippen LogP contribution in [0.25, 0.3) is 60.4 Å². The number of hydrogen-bond acceptors (Lipinski definition) is 0. The largest absolute Gasteiger partial charge is 0.335 e. The number of aromatic nitrogens is 2. The van der Waals surface area contributed by atoms with E-state index in [1.165, 1.54) is 71.6 Å². The minimum Gasteiger partial charge on any atom is -0.335 e. The van der Waals surface area contributed by atoms with Crippen molar-refractivity contribution in [1.29, 1.82) is 0 Å². The second kappa shape index (κ2) is 11.3. The number of hydrogen-bond donors (Lipinski definition) is 0. The maximum atomic E-state index is 2.57. The van der Waals surface area contributed by atoms with E-state index in [9.17, 15) is 0 Å². The van der Waals surface area contributed by atoms with Gasteiger partial charge in [-0.15, -0.1) is 0 Å². The Labute approximate surface area is 275 Å². The molecule has 1 aliphatic rings. The Hall–Kier alpha value is -5.60. The minimum atomic E-state index is 0.337. The number of nitrogens with zero attached hydrogens (tertiary/aromatic N) is 2. The van der Waals surface area contributed by atoms with Crippen molar-refractivity contribution >= 4 is 49.3 Å². The third kappa shape index (κ3) is 4.47. The second-order valence-corrected chi connectivity index (χ2v) is 12.8. The van der Waals surface area contributed by atoms with Crippen molar-refractivity contribution in [3.8, 4) is 11.1 Å². The molecule has 9 rings (SSSR count). The molecular weight excluding hydrogens is 569 g/mol. The summed E-state index contributed by atoms with van der Waals surface area (Å²) in [4.78, 5) is 0. The van der Waals surface area contributed by atoms with E-state index in [-0.39, 0.29) is 0 Å². The molecule has 2 nitrogen and oxygen atoms in total. The lowest BCUT2D eigenvalue weighted by Crippen LogP contribution is -2.18. The monoisotopic (exact) mass is 604 g/mol. The predicted octanol–water partition coefficient (Wildman–Crippen LogP) is 11.8. The zero-order chi connectivity index (χ0) is 31.3. The van der Waals surface area contributed by atoms with Crippen molar-refractivity contribution in [2.45, 2.75) is 25.8 Å². The van der Waals surface area contributed by atoms with Crippen LogP contribution in [0, 0.1) is 5.92 Å². The fourth-order valence-electron chi connectivity index (χ4n) is 8.14. The van der Waals surface area contributed by atoms with E-state index in [4.69, 9.17) is 0 Å². The van der Waals surface area contributed by atoms with Gasteiger partial charge in [-0.3, -0.25) is 0 Å². The Morgan fingerprint density at radius 1 is 0.574 bits per heavy atom. The van der Waals surface area contributed by atoms with E-state index in [1.807, 2.05) is 0 Å². The van der Waals surface area contributed by atoms with E-state index in [1.54, 1.807) is 0 Å². The summed E-state index contributed by atoms with van der Waals surface area (Å²) in [5.74, 6) is 0.702. The van der Waals surface area contributed by atoms with Crippen LogP contribution < -0.4 is 0 Å². The highest BCUT2D eigenvalue weighted by atomic mass is 15.0. The van der Waals surface area contributed by atoms with Gasteiger partial charge in [0, 0.05) is 51.1 Å². The van der Waals surface area contributed by atoms with Gasteiger partial charge in [-0.25, -0.2) is 0 Å². The lowest BCUT2D eigenvalue weighted by atomic mass is 9.79. The minimum absolute atomic E-state index is 0.337. The van der Waals surface area contributed by atoms with Gasteiger partial charge in [0.2, 0.25) is 0 Å². The molecule has 2 heteroatoms. The van der Waals surface area contributed by atoms with Gasteiger partial charge in [0.1, 0.15) is 0 Å². The topological polar surface area (TPSA) is 9.86 Å². The Balaban J connectivity index is 1.29. The molecule has 6 aromatic carbocycles. The Morgan fingerprint density at radius 2 is 1.28 bits per heavy atom. The molecule has 2 atom stereocenters. The molecule has 0 fully saturated rings. The average Bonchev–Trinajstić information content (AvgIpc) is 3.64. The summed E-state index contributed by atoms with van der Waals surface area (Å²) >= 11 is 0. The summed E-state index contributed by atoms with van der Waals surface area (Å²) in [6.07, 6.45) is 8.08. The Kier molecular flexibility index (Phi) is 6.67. The molecule has 2 unspecified atom stereocenters. The van der Waals surface area contributed by atoms with Crippen LogP contribution in [0.4, 0.5) is 0 Å². The van der Waals surface area contributed by atoms with E-state index >= 15 is 0 Å². The SMILES string of the molecule is CCC1C(n2c3ccccc3c3c4c(ccc32)c2ccccc2n4Cc2cccc(-c3ccccc3)c2)=CC=CC1c1ccccc1. The van der Waals surface area contributed by atoms with Crippen LogP contribution in [0.5, 0.6) is 0 Å². The summed E-state index contributed by atoms with van der Waals surface area (Å²) in [6.45, 7) is 3.13. The van der Waals surface area contributed by atoms with Crippen LogP contribution in [0.3, 0.4) is 0 Å². The number of benzene rings is 6. The highest BCUT2D eigenvalue weighted by Gasteiger charge is 2.29. The van der Waals surface area contributed by atoms with Crippen LogP contribution in [0.2, 0.25) is 0 Å². The summed E-state index contributed by atoms with van der Waals surface area (Å²) in [5, 5.41) is 5.24. The molecule has 0 saturated carbocycles. The van der Waals surface area contributed by atoms with Gasteiger partial charge in [-0.2, -0.15) is 0 Å². The van der Waals surface area contributed by atoms with E-state index < -0.39 is 0 Å². The van der Waals surface area contributed by atoms with Crippen molar-refractivity contribution in [3.63, 3.8) is 0 Å². The van der Waals surface area contributed by atoms with Crippen LogP contribution in [0.1, 0.15) is 30.4 Å². The Bertz CT molecular complexity index is 2470. The first kappa shape index (κ1) is 27.7. The highest BCUT2D eigenvalue weighted by molar-refractivity contribution is 6.25. The molecular formula is C45H36N2. The van der Waals surface area contributed by atoms with E-state index in [0.29, 0.717) is 11.8 Å². The van der Waals surface area contributed by atoms with E-state index in [0.717, 1.165) is 13.0 Å². The molecule has 1 aliphatic carbocycles. The number of rotatable bonds is 6. The smallest absolute Gasteiger partial charge is 0.0596 e. The van der Waals surface area contributed by atoms with Crippen molar-refractivity contribution in [2.75, 3.05) is 0 Å². The number of allylic oxidation sites excluding steroid dienone is 4. The normalized spacial score (nSPS) is 16.4. The van der Waals surface area contributed by atoms with Crippen LogP contribution in [-0.4, -0.2) is 9.13 Å². The molecule has 8 aromatic rings. The zero-order valence-corrected chi connectivity index (χ0v) is 26.6. The lowest BCUT2D eigenvalue weighted by Gasteiger charge is -2.30. The lowest BCUT2D eigenvalue weighted by molar-refractivity contribution is 0.559. The number of para-hydroxylation sites is 2. The first-order valence-electron chi connectivity index (χ1n) is 16.8. The van der Waals surface area contributed by atoms with Gasteiger partial charge in [0.05, 0.1) is 16.6 Å². The molecule has 0 saturated heterocycles. The summed E-state index contributed by atoms with van der Waals surface area (Å²) < 4.78 is 5.13. The van der Waals surface area contributed by atoms with Gasteiger partial charge in [-0.1, -0.05) is 140 Å². The second-order valence-electron chi connectivity index (χ2n) is 12.8. The van der Waals surface area contributed by atoms with Crippen LogP contribution in [0.15, 0.2) is 164 Å². The number of fused-ring (bicyclic) bond motifs is 7. The maximum Gasteiger partial charge on any atom is 0.0596 e. The third-order valence-electron chi connectivity index (χ3n) is 10.2.